The Bertz CT molecular complexity index is 193. The van der Waals surface area contributed by atoms with Crippen LogP contribution >= 0.6 is 0 Å². The van der Waals surface area contributed by atoms with Crippen LogP contribution in [0.4, 0.5) is 0 Å². The lowest BCUT2D eigenvalue weighted by Crippen LogP contribution is -2.37. The zero-order valence-electron chi connectivity index (χ0n) is 11.7. The fraction of sp³-hybridized carbons (Fsp3) is 0.857. The molecule has 0 aliphatic rings. The third kappa shape index (κ3) is 10.2. The molecule has 0 bridgehead atoms. The minimum atomic E-state index is 0.151. The number of ether oxygens (including phenoxy) is 1. The summed E-state index contributed by atoms with van der Waals surface area (Å²) < 4.78 is 5.64. The molecule has 0 aliphatic carbocycles. The molecule has 0 saturated carbocycles. The molecule has 1 N–H and O–H groups in total. The quantitative estimate of drug-likeness (QED) is 0.642. The van der Waals surface area contributed by atoms with Crippen LogP contribution in [0.15, 0.2) is 12.2 Å². The molecular weight excluding hydrogens is 198 g/mol. The molecule has 0 radical (unpaired) electrons. The predicted molar refractivity (Wildman–Crippen MR) is 71.8 cm³/mol. The summed E-state index contributed by atoms with van der Waals surface area (Å²) >= 11 is 0. The topological polar surface area (TPSA) is 21.3 Å². The minimum Gasteiger partial charge on any atom is -0.377 e. The molecule has 0 rings (SSSR count). The Morgan fingerprint density at radius 2 is 2.00 bits per heavy atom. The number of hydrogen-bond acceptors (Lipinski definition) is 2. The molecule has 0 amide bonds. The summed E-state index contributed by atoms with van der Waals surface area (Å²) in [6.07, 6.45) is 2.48. The lowest BCUT2D eigenvalue weighted by Gasteiger charge is -2.21. The smallest absolute Gasteiger partial charge is 0.0686 e. The average Bonchev–Trinajstić information content (AvgIpc) is 2.14. The second-order valence-electron chi connectivity index (χ2n) is 5.76. The van der Waals surface area contributed by atoms with Gasteiger partial charge in [0, 0.05) is 18.7 Å². The Labute approximate surface area is 101 Å². The maximum absolute atomic E-state index is 5.64. The van der Waals surface area contributed by atoms with Gasteiger partial charge in [-0.15, -0.1) is 0 Å². The van der Waals surface area contributed by atoms with E-state index in [-0.39, 0.29) is 5.54 Å². The summed E-state index contributed by atoms with van der Waals surface area (Å²) in [6.45, 7) is 17.3. The molecule has 0 heterocycles. The van der Waals surface area contributed by atoms with Crippen molar-refractivity contribution in [2.24, 2.45) is 5.92 Å². The van der Waals surface area contributed by atoms with Crippen molar-refractivity contribution in [1.29, 1.82) is 0 Å². The van der Waals surface area contributed by atoms with Crippen LogP contribution in [0.1, 0.15) is 47.5 Å². The lowest BCUT2D eigenvalue weighted by molar-refractivity contribution is 0.119. The van der Waals surface area contributed by atoms with Crippen LogP contribution in [0.5, 0.6) is 0 Å². The van der Waals surface area contributed by atoms with E-state index in [0.29, 0.717) is 12.5 Å². The summed E-state index contributed by atoms with van der Waals surface area (Å²) in [4.78, 5) is 0. The van der Waals surface area contributed by atoms with Crippen molar-refractivity contribution in [1.82, 2.24) is 5.32 Å². The average molecular weight is 227 g/mol. The van der Waals surface area contributed by atoms with E-state index in [4.69, 9.17) is 4.74 Å². The highest BCUT2D eigenvalue weighted by molar-refractivity contribution is 4.98. The van der Waals surface area contributed by atoms with Crippen LogP contribution in [-0.4, -0.2) is 25.3 Å². The maximum atomic E-state index is 5.64. The molecule has 2 nitrogen and oxygen atoms in total. The van der Waals surface area contributed by atoms with Crippen LogP contribution in [0.25, 0.3) is 0 Å². The van der Waals surface area contributed by atoms with Crippen LogP contribution in [0, 0.1) is 5.92 Å². The number of hydrogen-bond donors (Lipinski definition) is 1. The molecule has 0 aromatic heterocycles. The zero-order valence-corrected chi connectivity index (χ0v) is 11.7. The van der Waals surface area contributed by atoms with E-state index in [1.54, 1.807) is 0 Å². The van der Waals surface area contributed by atoms with Gasteiger partial charge in [-0.2, -0.15) is 0 Å². The number of nitrogens with one attached hydrogen (secondary N) is 1. The molecule has 2 heteroatoms. The molecule has 1 atom stereocenters. The van der Waals surface area contributed by atoms with Gasteiger partial charge in [0.15, 0.2) is 0 Å². The highest BCUT2D eigenvalue weighted by Crippen LogP contribution is 2.06. The van der Waals surface area contributed by atoms with E-state index in [2.05, 4.69) is 46.5 Å². The van der Waals surface area contributed by atoms with E-state index in [9.17, 15) is 0 Å². The Morgan fingerprint density at radius 1 is 1.38 bits per heavy atom. The third-order valence-electron chi connectivity index (χ3n) is 2.36. The largest absolute Gasteiger partial charge is 0.377 e. The van der Waals surface area contributed by atoms with Gasteiger partial charge >= 0.3 is 0 Å². The normalized spacial score (nSPS) is 13.8. The molecule has 0 aromatic rings. The second-order valence-corrected chi connectivity index (χ2v) is 5.76. The zero-order chi connectivity index (χ0) is 12.6. The van der Waals surface area contributed by atoms with Crippen molar-refractivity contribution < 1.29 is 4.74 Å². The first-order valence-electron chi connectivity index (χ1n) is 6.34. The van der Waals surface area contributed by atoms with E-state index in [1.807, 2.05) is 0 Å². The fourth-order valence-electron chi connectivity index (χ4n) is 1.42. The molecule has 0 saturated heterocycles. The SMILES string of the molecule is C=C(CNC(C)(C)C)COCC(C)CCC. The van der Waals surface area contributed by atoms with Gasteiger partial charge in [-0.3, -0.25) is 0 Å². The Kier molecular flexibility index (Phi) is 7.69. The standard InChI is InChI=1S/C14H29NO/c1-7-8-12(2)10-16-11-13(3)9-15-14(4,5)6/h12,15H,3,7-11H2,1-2,4-6H3. The Balaban J connectivity index is 3.51. The molecule has 0 fully saturated rings. The molecule has 96 valence electrons. The Morgan fingerprint density at radius 3 is 2.50 bits per heavy atom. The van der Waals surface area contributed by atoms with Gasteiger partial charge in [-0.05, 0) is 38.7 Å². The second kappa shape index (κ2) is 7.86. The summed E-state index contributed by atoms with van der Waals surface area (Å²) in [5.41, 5.74) is 1.27. The summed E-state index contributed by atoms with van der Waals surface area (Å²) in [7, 11) is 0. The van der Waals surface area contributed by atoms with Gasteiger partial charge in [0.05, 0.1) is 6.61 Å². The van der Waals surface area contributed by atoms with Crippen molar-refractivity contribution in [2.75, 3.05) is 19.8 Å². The number of rotatable bonds is 8. The highest BCUT2D eigenvalue weighted by Gasteiger charge is 2.08. The van der Waals surface area contributed by atoms with Gasteiger partial charge in [-0.1, -0.05) is 26.8 Å². The van der Waals surface area contributed by atoms with Gasteiger partial charge in [0.25, 0.3) is 0 Å². The summed E-state index contributed by atoms with van der Waals surface area (Å²) in [5.74, 6) is 0.661. The van der Waals surface area contributed by atoms with Crippen LogP contribution < -0.4 is 5.32 Å². The molecular formula is C14H29NO. The van der Waals surface area contributed by atoms with Crippen molar-refractivity contribution in [3.63, 3.8) is 0 Å². The van der Waals surface area contributed by atoms with E-state index >= 15 is 0 Å². The molecule has 1 unspecified atom stereocenters. The Hall–Kier alpha value is -0.340. The maximum Gasteiger partial charge on any atom is 0.0686 e. The van der Waals surface area contributed by atoms with Gasteiger partial charge in [0.1, 0.15) is 0 Å². The van der Waals surface area contributed by atoms with Crippen molar-refractivity contribution in [2.45, 2.75) is 53.0 Å². The van der Waals surface area contributed by atoms with Crippen LogP contribution in [0.3, 0.4) is 0 Å². The van der Waals surface area contributed by atoms with Gasteiger partial charge < -0.3 is 10.1 Å². The molecule has 0 aromatic carbocycles. The van der Waals surface area contributed by atoms with Crippen molar-refractivity contribution in [3.8, 4) is 0 Å². The molecule has 0 spiro atoms. The third-order valence-corrected chi connectivity index (χ3v) is 2.36. The van der Waals surface area contributed by atoms with Gasteiger partial charge in [0.2, 0.25) is 0 Å². The van der Waals surface area contributed by atoms with Crippen molar-refractivity contribution >= 4 is 0 Å². The van der Waals surface area contributed by atoms with Gasteiger partial charge in [-0.25, -0.2) is 0 Å². The first kappa shape index (κ1) is 15.7. The minimum absolute atomic E-state index is 0.151. The van der Waals surface area contributed by atoms with E-state index in [0.717, 1.165) is 18.7 Å². The van der Waals surface area contributed by atoms with E-state index in [1.165, 1.54) is 12.8 Å². The highest BCUT2D eigenvalue weighted by atomic mass is 16.5. The van der Waals surface area contributed by atoms with Crippen molar-refractivity contribution in [3.05, 3.63) is 12.2 Å². The summed E-state index contributed by atoms with van der Waals surface area (Å²) in [5, 5.41) is 3.41. The fourth-order valence-corrected chi connectivity index (χ4v) is 1.42. The summed E-state index contributed by atoms with van der Waals surface area (Å²) in [6, 6.07) is 0. The first-order chi connectivity index (χ1) is 7.35. The monoisotopic (exact) mass is 227 g/mol. The molecule has 0 aliphatic heterocycles. The first-order valence-corrected chi connectivity index (χ1v) is 6.34. The van der Waals surface area contributed by atoms with E-state index < -0.39 is 0 Å². The lowest BCUT2D eigenvalue weighted by atomic mass is 10.1. The van der Waals surface area contributed by atoms with Crippen LogP contribution in [0.2, 0.25) is 0 Å². The van der Waals surface area contributed by atoms with Crippen LogP contribution in [-0.2, 0) is 4.74 Å². The predicted octanol–water partition coefficient (Wildman–Crippen LogP) is 3.38. The molecule has 16 heavy (non-hydrogen) atoms.